The normalized spacial score (nSPS) is 14.9. The van der Waals surface area contributed by atoms with Crippen molar-refractivity contribution in [2.45, 2.75) is 26.0 Å². The molecule has 4 aromatic rings. The van der Waals surface area contributed by atoms with Gasteiger partial charge in [-0.05, 0) is 53.5 Å². The number of ether oxygens (including phenoxy) is 3. The fourth-order valence-electron chi connectivity index (χ4n) is 4.68. The fraction of sp³-hybridized carbons (Fsp3) is 0.194. The number of carbonyl (C=O) groups is 1. The summed E-state index contributed by atoms with van der Waals surface area (Å²) < 4.78 is 32.8. The molecule has 210 valence electrons. The molecule has 0 bridgehead atoms. The Bertz CT molecular complexity index is 1830. The maximum absolute atomic E-state index is 13.9. The van der Waals surface area contributed by atoms with E-state index in [0.717, 1.165) is 5.56 Å². The first-order chi connectivity index (χ1) is 19.8. The van der Waals surface area contributed by atoms with Crippen LogP contribution in [-0.2, 0) is 16.1 Å². The van der Waals surface area contributed by atoms with Crippen LogP contribution in [-0.4, -0.2) is 24.8 Å². The monoisotopic (exact) mass is 636 g/mol. The molecule has 1 atom stereocenters. The summed E-state index contributed by atoms with van der Waals surface area (Å²) in [7, 11) is 2.85. The van der Waals surface area contributed by atoms with Crippen molar-refractivity contribution in [1.29, 1.82) is 0 Å². The molecule has 0 saturated carbocycles. The molecule has 0 aliphatic carbocycles. The average Bonchev–Trinajstić information content (AvgIpc) is 3.30. The van der Waals surface area contributed by atoms with Crippen LogP contribution in [0.5, 0.6) is 11.5 Å². The number of thiazole rings is 1. The number of benzene rings is 3. The van der Waals surface area contributed by atoms with Crippen LogP contribution >= 0.6 is 27.3 Å². The molecule has 0 saturated heterocycles. The molecule has 2 heterocycles. The number of carbonyl (C=O) groups excluding carboxylic acids is 1. The molecule has 5 rings (SSSR count). The molecular formula is C31H26BrFN2O5S. The Hall–Kier alpha value is -4.02. The van der Waals surface area contributed by atoms with E-state index in [9.17, 15) is 14.0 Å². The Morgan fingerprint density at radius 1 is 1.10 bits per heavy atom. The molecule has 1 aromatic heterocycles. The molecule has 0 amide bonds. The molecule has 0 unspecified atom stereocenters. The number of rotatable bonds is 8. The zero-order chi connectivity index (χ0) is 29.1. The van der Waals surface area contributed by atoms with Gasteiger partial charge in [0.05, 0.1) is 36.1 Å². The summed E-state index contributed by atoms with van der Waals surface area (Å²) in [6.07, 6.45) is 2.25. The van der Waals surface area contributed by atoms with Crippen LogP contribution < -0.4 is 24.4 Å². The number of halogens is 2. The van der Waals surface area contributed by atoms with Gasteiger partial charge in [-0.25, -0.2) is 14.2 Å². The molecule has 0 fully saturated rings. The topological polar surface area (TPSA) is 79.1 Å². The van der Waals surface area contributed by atoms with E-state index in [1.165, 1.54) is 37.7 Å². The Balaban J connectivity index is 1.59. The minimum absolute atomic E-state index is 0.153. The molecular weight excluding hydrogens is 611 g/mol. The van der Waals surface area contributed by atoms with E-state index in [-0.39, 0.29) is 18.0 Å². The van der Waals surface area contributed by atoms with Crippen molar-refractivity contribution in [3.05, 3.63) is 125 Å². The number of hydrogen-bond donors (Lipinski definition) is 0. The zero-order valence-corrected chi connectivity index (χ0v) is 24.9. The lowest BCUT2D eigenvalue weighted by molar-refractivity contribution is -0.136. The highest BCUT2D eigenvalue weighted by Crippen LogP contribution is 2.35. The lowest BCUT2D eigenvalue weighted by atomic mass is 9.95. The third-order valence-corrected chi connectivity index (χ3v) is 8.29. The number of methoxy groups -OCH3 is 2. The summed E-state index contributed by atoms with van der Waals surface area (Å²) >= 11 is 4.83. The van der Waals surface area contributed by atoms with Crippen molar-refractivity contribution < 1.29 is 23.4 Å². The van der Waals surface area contributed by atoms with E-state index >= 15 is 0 Å². The van der Waals surface area contributed by atoms with E-state index < -0.39 is 12.0 Å². The smallest absolute Gasteiger partial charge is 0.338 e. The standard InChI is InChI=1S/C31H26BrFN2O5S/c1-4-23-27(30(37)39-3)28(19-10-6-5-7-11-19)35-29(36)26(41-31(35)34-23)15-20-14-24(38-2)25(16-22(20)32)40-17-18-9-8-12-21(33)13-18/h5-16,28H,4,17H2,1-3H3/b26-15-/t28-/m0/s1. The second-order valence-corrected chi connectivity index (χ2v) is 11.0. The lowest BCUT2D eigenvalue weighted by Gasteiger charge is -2.25. The van der Waals surface area contributed by atoms with Crippen molar-refractivity contribution in [1.82, 2.24) is 4.57 Å². The van der Waals surface area contributed by atoms with Gasteiger partial charge in [0, 0.05) is 4.47 Å². The fourth-order valence-corrected chi connectivity index (χ4v) is 6.13. The number of aromatic nitrogens is 1. The van der Waals surface area contributed by atoms with E-state index in [2.05, 4.69) is 15.9 Å². The summed E-state index contributed by atoms with van der Waals surface area (Å²) in [5.74, 6) is 0.0547. The van der Waals surface area contributed by atoms with E-state index in [1.54, 1.807) is 34.9 Å². The Kier molecular flexibility index (Phi) is 8.51. The molecule has 10 heteroatoms. The van der Waals surface area contributed by atoms with Gasteiger partial charge < -0.3 is 14.2 Å². The number of allylic oxidation sites excluding steroid dienone is 1. The highest BCUT2D eigenvalue weighted by molar-refractivity contribution is 9.10. The van der Waals surface area contributed by atoms with Crippen molar-refractivity contribution >= 4 is 39.3 Å². The molecule has 1 aliphatic rings. The van der Waals surface area contributed by atoms with Crippen LogP contribution in [0, 0.1) is 5.82 Å². The van der Waals surface area contributed by atoms with Gasteiger partial charge in [0.2, 0.25) is 0 Å². The van der Waals surface area contributed by atoms with Gasteiger partial charge in [0.25, 0.3) is 5.56 Å². The first-order valence-corrected chi connectivity index (χ1v) is 14.4. The van der Waals surface area contributed by atoms with Gasteiger partial charge in [-0.15, -0.1) is 0 Å². The summed E-state index contributed by atoms with van der Waals surface area (Å²) in [5, 5.41) is 0. The number of nitrogens with zero attached hydrogens (tertiary/aromatic N) is 2. The molecule has 0 N–H and O–H groups in total. The molecule has 1 aliphatic heterocycles. The Labute approximate surface area is 248 Å². The first-order valence-electron chi connectivity index (χ1n) is 12.8. The van der Waals surface area contributed by atoms with E-state index in [1.807, 2.05) is 37.3 Å². The van der Waals surface area contributed by atoms with Gasteiger partial charge in [-0.2, -0.15) is 0 Å². The van der Waals surface area contributed by atoms with Crippen LogP contribution in [0.25, 0.3) is 6.08 Å². The summed E-state index contributed by atoms with van der Waals surface area (Å²) in [5.41, 5.74) is 2.80. The predicted molar refractivity (Wildman–Crippen MR) is 158 cm³/mol. The maximum atomic E-state index is 13.9. The number of esters is 1. The SMILES string of the molecule is CCC1=C(C(=O)OC)[C@H](c2ccccc2)n2c(s/c(=C\c3cc(OC)c(OCc4cccc(F)c4)cc3Br)c2=O)=N1. The van der Waals surface area contributed by atoms with Crippen molar-refractivity contribution in [3.63, 3.8) is 0 Å². The summed E-state index contributed by atoms with van der Waals surface area (Å²) in [6, 6.07) is 18.4. The minimum atomic E-state index is -0.673. The van der Waals surface area contributed by atoms with Crippen LogP contribution in [0.1, 0.15) is 36.1 Å². The minimum Gasteiger partial charge on any atom is -0.493 e. The quantitative estimate of drug-likeness (QED) is 0.246. The van der Waals surface area contributed by atoms with Crippen molar-refractivity contribution in [3.8, 4) is 11.5 Å². The molecule has 0 radical (unpaired) electrons. The van der Waals surface area contributed by atoms with Gasteiger partial charge in [0.15, 0.2) is 16.3 Å². The summed E-state index contributed by atoms with van der Waals surface area (Å²) in [4.78, 5) is 32.0. The molecule has 3 aromatic carbocycles. The van der Waals surface area contributed by atoms with Gasteiger partial charge >= 0.3 is 5.97 Å². The largest absolute Gasteiger partial charge is 0.493 e. The Morgan fingerprint density at radius 3 is 2.56 bits per heavy atom. The van der Waals surface area contributed by atoms with E-state index in [0.29, 0.717) is 54.1 Å². The van der Waals surface area contributed by atoms with Crippen LogP contribution in [0.2, 0.25) is 0 Å². The van der Waals surface area contributed by atoms with Gasteiger partial charge in [-0.1, -0.05) is 76.7 Å². The zero-order valence-electron chi connectivity index (χ0n) is 22.5. The van der Waals surface area contributed by atoms with Crippen LogP contribution in [0.4, 0.5) is 4.39 Å². The Morgan fingerprint density at radius 2 is 1.88 bits per heavy atom. The average molecular weight is 638 g/mol. The van der Waals surface area contributed by atoms with Crippen molar-refractivity contribution in [2.24, 2.45) is 4.99 Å². The second-order valence-electron chi connectivity index (χ2n) is 9.14. The van der Waals surface area contributed by atoms with Gasteiger partial charge in [-0.3, -0.25) is 9.36 Å². The van der Waals surface area contributed by atoms with Crippen LogP contribution in [0.15, 0.2) is 92.3 Å². The first kappa shape index (κ1) is 28.5. The number of fused-ring (bicyclic) bond motifs is 1. The lowest BCUT2D eigenvalue weighted by Crippen LogP contribution is -2.40. The highest BCUT2D eigenvalue weighted by atomic mass is 79.9. The van der Waals surface area contributed by atoms with Crippen molar-refractivity contribution in [2.75, 3.05) is 14.2 Å². The molecule has 7 nitrogen and oxygen atoms in total. The molecule has 41 heavy (non-hydrogen) atoms. The third-order valence-electron chi connectivity index (χ3n) is 6.62. The second kappa shape index (κ2) is 12.2. The maximum Gasteiger partial charge on any atom is 0.338 e. The third kappa shape index (κ3) is 5.75. The predicted octanol–water partition coefficient (Wildman–Crippen LogP) is 5.29. The molecule has 0 spiro atoms. The van der Waals surface area contributed by atoms with Crippen LogP contribution in [0.3, 0.4) is 0 Å². The highest BCUT2D eigenvalue weighted by Gasteiger charge is 2.33. The van der Waals surface area contributed by atoms with E-state index in [4.69, 9.17) is 19.2 Å². The van der Waals surface area contributed by atoms with Gasteiger partial charge in [0.1, 0.15) is 12.4 Å². The summed E-state index contributed by atoms with van der Waals surface area (Å²) in [6.45, 7) is 2.07. The number of hydrogen-bond acceptors (Lipinski definition) is 7.